The van der Waals surface area contributed by atoms with Gasteiger partial charge in [-0.3, -0.25) is 0 Å². The van der Waals surface area contributed by atoms with Gasteiger partial charge < -0.3 is 14.8 Å². The summed E-state index contributed by atoms with van der Waals surface area (Å²) in [7, 11) is 0. The average Bonchev–Trinajstić information content (AvgIpc) is 2.31. The third kappa shape index (κ3) is 5.02. The molecule has 1 aromatic rings. The van der Waals surface area contributed by atoms with E-state index in [4.69, 9.17) is 9.47 Å². The first-order valence-electron chi connectivity index (χ1n) is 5.59. The van der Waals surface area contributed by atoms with Crippen LogP contribution in [0.3, 0.4) is 0 Å². The zero-order valence-electron chi connectivity index (χ0n) is 10.0. The SMILES string of the molecule is CCOC(CNc1ccc(F)c(Br)c1)OCC. The Hall–Kier alpha value is -0.650. The minimum absolute atomic E-state index is 0.276. The molecule has 3 nitrogen and oxygen atoms in total. The molecule has 0 spiro atoms. The summed E-state index contributed by atoms with van der Waals surface area (Å²) in [6.07, 6.45) is -0.283. The second-order valence-corrected chi connectivity index (χ2v) is 4.20. The van der Waals surface area contributed by atoms with E-state index in [9.17, 15) is 4.39 Å². The van der Waals surface area contributed by atoms with Crippen LogP contribution in [0.5, 0.6) is 0 Å². The van der Waals surface area contributed by atoms with E-state index in [1.807, 2.05) is 13.8 Å². The lowest BCUT2D eigenvalue weighted by molar-refractivity contribution is -0.126. The van der Waals surface area contributed by atoms with E-state index in [1.54, 1.807) is 12.1 Å². The first-order chi connectivity index (χ1) is 8.17. The van der Waals surface area contributed by atoms with Crippen LogP contribution >= 0.6 is 15.9 Å². The predicted molar refractivity (Wildman–Crippen MR) is 69.6 cm³/mol. The van der Waals surface area contributed by atoms with Gasteiger partial charge in [-0.05, 0) is 48.0 Å². The van der Waals surface area contributed by atoms with E-state index in [0.717, 1.165) is 5.69 Å². The van der Waals surface area contributed by atoms with Crippen molar-refractivity contribution in [2.45, 2.75) is 20.1 Å². The highest BCUT2D eigenvalue weighted by atomic mass is 79.9. The van der Waals surface area contributed by atoms with E-state index in [0.29, 0.717) is 24.2 Å². The van der Waals surface area contributed by atoms with Gasteiger partial charge in [0.25, 0.3) is 0 Å². The number of halogens is 2. The maximum Gasteiger partial charge on any atom is 0.174 e. The van der Waals surface area contributed by atoms with Crippen molar-refractivity contribution in [1.82, 2.24) is 0 Å². The molecule has 0 amide bonds. The quantitative estimate of drug-likeness (QED) is 0.783. The molecule has 5 heteroatoms. The maximum atomic E-state index is 13.0. The van der Waals surface area contributed by atoms with Crippen LogP contribution in [0.2, 0.25) is 0 Å². The molecule has 0 heterocycles. The first kappa shape index (κ1) is 14.4. The molecule has 1 N–H and O–H groups in total. The molecule has 0 fully saturated rings. The van der Waals surface area contributed by atoms with Gasteiger partial charge in [0.15, 0.2) is 6.29 Å². The number of hydrogen-bond donors (Lipinski definition) is 1. The molecule has 17 heavy (non-hydrogen) atoms. The summed E-state index contributed by atoms with van der Waals surface area (Å²) < 4.78 is 24.2. The van der Waals surface area contributed by atoms with Crippen molar-refractivity contribution in [3.63, 3.8) is 0 Å². The topological polar surface area (TPSA) is 30.5 Å². The monoisotopic (exact) mass is 305 g/mol. The summed E-state index contributed by atoms with van der Waals surface area (Å²) in [5.41, 5.74) is 0.822. The van der Waals surface area contributed by atoms with Crippen LogP contribution in [0.1, 0.15) is 13.8 Å². The Kier molecular flexibility index (Phi) is 6.47. The van der Waals surface area contributed by atoms with Crippen LogP contribution in [-0.4, -0.2) is 26.0 Å². The number of anilines is 1. The Balaban J connectivity index is 2.49. The fraction of sp³-hybridized carbons (Fsp3) is 0.500. The van der Waals surface area contributed by atoms with Gasteiger partial charge in [0, 0.05) is 18.9 Å². The Bertz CT molecular complexity index is 343. The van der Waals surface area contributed by atoms with Gasteiger partial charge in [-0.15, -0.1) is 0 Å². The lowest BCUT2D eigenvalue weighted by Gasteiger charge is -2.18. The maximum absolute atomic E-state index is 13.0. The fourth-order valence-electron chi connectivity index (χ4n) is 1.35. The molecule has 0 saturated heterocycles. The highest BCUT2D eigenvalue weighted by Gasteiger charge is 2.07. The number of ether oxygens (including phenoxy) is 2. The lowest BCUT2D eigenvalue weighted by atomic mass is 10.3. The molecule has 0 radical (unpaired) electrons. The first-order valence-corrected chi connectivity index (χ1v) is 6.38. The smallest absolute Gasteiger partial charge is 0.174 e. The molecule has 1 rings (SSSR count). The number of rotatable bonds is 7. The molecule has 96 valence electrons. The van der Waals surface area contributed by atoms with E-state index in [-0.39, 0.29) is 12.1 Å². The van der Waals surface area contributed by atoms with Crippen LogP contribution in [-0.2, 0) is 9.47 Å². The minimum atomic E-state index is -0.283. The van der Waals surface area contributed by atoms with Gasteiger partial charge in [0.2, 0.25) is 0 Å². The molecular weight excluding hydrogens is 289 g/mol. The predicted octanol–water partition coefficient (Wildman–Crippen LogP) is 3.40. The Morgan fingerprint density at radius 1 is 1.29 bits per heavy atom. The van der Waals surface area contributed by atoms with Gasteiger partial charge in [-0.2, -0.15) is 0 Å². The van der Waals surface area contributed by atoms with Crippen molar-refractivity contribution in [1.29, 1.82) is 0 Å². The molecule has 0 aliphatic rings. The molecule has 0 atom stereocenters. The van der Waals surface area contributed by atoms with Crippen molar-refractivity contribution in [2.24, 2.45) is 0 Å². The Labute approximate surface area is 109 Å². The number of nitrogens with one attached hydrogen (secondary N) is 1. The van der Waals surface area contributed by atoms with Crippen LogP contribution < -0.4 is 5.32 Å². The number of hydrogen-bond acceptors (Lipinski definition) is 3. The lowest BCUT2D eigenvalue weighted by Crippen LogP contribution is -2.26. The van der Waals surface area contributed by atoms with Gasteiger partial charge >= 0.3 is 0 Å². The summed E-state index contributed by atoms with van der Waals surface area (Å²) in [5.74, 6) is -0.276. The molecular formula is C12H17BrFNO2. The highest BCUT2D eigenvalue weighted by molar-refractivity contribution is 9.10. The highest BCUT2D eigenvalue weighted by Crippen LogP contribution is 2.20. The van der Waals surface area contributed by atoms with E-state index >= 15 is 0 Å². The molecule has 0 aromatic heterocycles. The van der Waals surface area contributed by atoms with Crippen LogP contribution in [0.25, 0.3) is 0 Å². The van der Waals surface area contributed by atoms with Gasteiger partial charge in [0.05, 0.1) is 11.0 Å². The Morgan fingerprint density at radius 2 is 1.94 bits per heavy atom. The van der Waals surface area contributed by atoms with Crippen molar-refractivity contribution >= 4 is 21.6 Å². The van der Waals surface area contributed by atoms with Gasteiger partial charge in [0.1, 0.15) is 5.82 Å². The summed E-state index contributed by atoms with van der Waals surface area (Å²) in [6, 6.07) is 4.77. The van der Waals surface area contributed by atoms with Crippen molar-refractivity contribution in [3.8, 4) is 0 Å². The number of benzene rings is 1. The zero-order chi connectivity index (χ0) is 12.7. The molecule has 0 unspecified atom stereocenters. The van der Waals surface area contributed by atoms with E-state index in [1.165, 1.54) is 6.07 Å². The van der Waals surface area contributed by atoms with Gasteiger partial charge in [-0.1, -0.05) is 0 Å². The fourth-order valence-corrected chi connectivity index (χ4v) is 1.72. The third-order valence-electron chi connectivity index (χ3n) is 2.10. The summed E-state index contributed by atoms with van der Waals surface area (Å²) >= 11 is 3.14. The van der Waals surface area contributed by atoms with E-state index in [2.05, 4.69) is 21.2 Å². The minimum Gasteiger partial charge on any atom is -0.380 e. The van der Waals surface area contributed by atoms with Crippen molar-refractivity contribution < 1.29 is 13.9 Å². The van der Waals surface area contributed by atoms with Crippen LogP contribution in [0.4, 0.5) is 10.1 Å². The summed E-state index contributed by atoms with van der Waals surface area (Å²) in [6.45, 7) is 5.56. The van der Waals surface area contributed by atoms with Crippen LogP contribution in [0, 0.1) is 5.82 Å². The average molecular weight is 306 g/mol. The second kappa shape index (κ2) is 7.63. The summed E-state index contributed by atoms with van der Waals surface area (Å²) in [4.78, 5) is 0. The normalized spacial score (nSPS) is 10.9. The van der Waals surface area contributed by atoms with Crippen LogP contribution in [0.15, 0.2) is 22.7 Å². The van der Waals surface area contributed by atoms with Gasteiger partial charge in [-0.25, -0.2) is 4.39 Å². The molecule has 0 bridgehead atoms. The van der Waals surface area contributed by atoms with E-state index < -0.39 is 0 Å². The second-order valence-electron chi connectivity index (χ2n) is 3.35. The van der Waals surface area contributed by atoms with Crippen molar-refractivity contribution in [3.05, 3.63) is 28.5 Å². The standard InChI is InChI=1S/C12H17BrFNO2/c1-3-16-12(17-4-2)8-15-9-5-6-11(14)10(13)7-9/h5-7,12,15H,3-4,8H2,1-2H3. The molecule has 0 saturated carbocycles. The summed E-state index contributed by atoms with van der Waals surface area (Å²) in [5, 5.41) is 3.14. The Morgan fingerprint density at radius 3 is 2.47 bits per heavy atom. The van der Waals surface area contributed by atoms with Crippen molar-refractivity contribution in [2.75, 3.05) is 25.1 Å². The zero-order valence-corrected chi connectivity index (χ0v) is 11.6. The molecule has 1 aromatic carbocycles. The molecule has 0 aliphatic carbocycles. The third-order valence-corrected chi connectivity index (χ3v) is 2.71. The molecule has 0 aliphatic heterocycles. The largest absolute Gasteiger partial charge is 0.380 e.